The number of aromatic amines is 1. The maximum absolute atomic E-state index is 12.1. The zero-order valence-electron chi connectivity index (χ0n) is 20.5. The van der Waals surface area contributed by atoms with E-state index in [0.29, 0.717) is 23.1 Å². The van der Waals surface area contributed by atoms with Gasteiger partial charge in [0.15, 0.2) is 0 Å². The summed E-state index contributed by atoms with van der Waals surface area (Å²) in [5, 5.41) is 17.5. The van der Waals surface area contributed by atoms with Crippen LogP contribution in [0.25, 0.3) is 10.9 Å². The third-order valence-electron chi connectivity index (χ3n) is 7.02. The summed E-state index contributed by atoms with van der Waals surface area (Å²) in [7, 11) is 1.58. The maximum Gasteiger partial charge on any atom is 0.311 e. The summed E-state index contributed by atoms with van der Waals surface area (Å²) < 4.78 is 11.1. The fourth-order valence-corrected chi connectivity index (χ4v) is 5.52. The number of nitro groups is 1. The highest BCUT2D eigenvalue weighted by molar-refractivity contribution is 6.31. The van der Waals surface area contributed by atoms with Gasteiger partial charge < -0.3 is 19.8 Å². The SMILES string of the molecule is COc1ccc(Oc2ccc([C@@H]3NC[C@@H](c4ccccc4Cl)c4c3[nH]c3ccccc43)cc2[N+](=O)[O-])cc1. The van der Waals surface area contributed by atoms with Gasteiger partial charge in [0, 0.05) is 40.1 Å². The predicted octanol–water partition coefficient (Wildman–Crippen LogP) is 7.35. The second kappa shape index (κ2) is 9.85. The average molecular weight is 526 g/mol. The molecule has 2 N–H and O–H groups in total. The van der Waals surface area contributed by atoms with Crippen molar-refractivity contribution in [2.24, 2.45) is 0 Å². The minimum absolute atomic E-state index is 0.0266. The van der Waals surface area contributed by atoms with Crippen molar-refractivity contribution < 1.29 is 14.4 Å². The molecule has 38 heavy (non-hydrogen) atoms. The third kappa shape index (κ3) is 4.26. The average Bonchev–Trinajstić information content (AvgIpc) is 3.33. The molecule has 0 spiro atoms. The van der Waals surface area contributed by atoms with Crippen LogP contribution in [0.5, 0.6) is 17.2 Å². The van der Waals surface area contributed by atoms with Crippen molar-refractivity contribution in [3.8, 4) is 17.2 Å². The Bertz CT molecular complexity index is 1650. The zero-order valence-corrected chi connectivity index (χ0v) is 21.2. The van der Waals surface area contributed by atoms with Gasteiger partial charge in [-0.15, -0.1) is 0 Å². The fourth-order valence-electron chi connectivity index (χ4n) is 5.25. The molecule has 190 valence electrons. The molecule has 2 heterocycles. The van der Waals surface area contributed by atoms with Gasteiger partial charge in [-0.05, 0) is 59.2 Å². The molecule has 5 aromatic rings. The lowest BCUT2D eigenvalue weighted by Gasteiger charge is -2.31. The van der Waals surface area contributed by atoms with E-state index >= 15 is 0 Å². The molecule has 0 fully saturated rings. The number of H-pyrrole nitrogens is 1. The molecule has 0 aliphatic carbocycles. The first-order valence-corrected chi connectivity index (χ1v) is 12.6. The Labute approximate surface area is 224 Å². The molecule has 0 saturated heterocycles. The molecule has 2 atom stereocenters. The van der Waals surface area contributed by atoms with E-state index in [1.807, 2.05) is 42.5 Å². The van der Waals surface area contributed by atoms with Gasteiger partial charge in [-0.3, -0.25) is 10.1 Å². The van der Waals surface area contributed by atoms with E-state index in [4.69, 9.17) is 21.1 Å². The minimum Gasteiger partial charge on any atom is -0.497 e. The summed E-state index contributed by atoms with van der Waals surface area (Å²) in [5.74, 6) is 1.36. The van der Waals surface area contributed by atoms with E-state index in [2.05, 4.69) is 22.4 Å². The van der Waals surface area contributed by atoms with Crippen molar-refractivity contribution in [2.45, 2.75) is 12.0 Å². The smallest absolute Gasteiger partial charge is 0.311 e. The third-order valence-corrected chi connectivity index (χ3v) is 7.37. The van der Waals surface area contributed by atoms with Crippen molar-refractivity contribution in [1.29, 1.82) is 0 Å². The van der Waals surface area contributed by atoms with Gasteiger partial charge in [0.05, 0.1) is 18.1 Å². The van der Waals surface area contributed by atoms with E-state index in [9.17, 15) is 10.1 Å². The molecule has 1 aromatic heterocycles. The lowest BCUT2D eigenvalue weighted by molar-refractivity contribution is -0.385. The van der Waals surface area contributed by atoms with Gasteiger partial charge in [0.1, 0.15) is 11.5 Å². The lowest BCUT2D eigenvalue weighted by Crippen LogP contribution is -2.34. The van der Waals surface area contributed by atoms with Gasteiger partial charge in [0.2, 0.25) is 5.75 Å². The molecule has 1 aliphatic rings. The molecule has 0 bridgehead atoms. The van der Waals surface area contributed by atoms with Crippen LogP contribution in [0.15, 0.2) is 91.0 Å². The van der Waals surface area contributed by atoms with Gasteiger partial charge in [-0.2, -0.15) is 0 Å². The van der Waals surface area contributed by atoms with E-state index in [-0.39, 0.29) is 23.4 Å². The maximum atomic E-state index is 12.1. The molecular weight excluding hydrogens is 502 g/mol. The van der Waals surface area contributed by atoms with E-state index in [0.717, 1.165) is 33.3 Å². The number of fused-ring (bicyclic) bond motifs is 3. The molecule has 0 unspecified atom stereocenters. The molecule has 0 saturated carbocycles. The summed E-state index contributed by atoms with van der Waals surface area (Å²) in [5.41, 5.74) is 4.84. The van der Waals surface area contributed by atoms with E-state index in [1.54, 1.807) is 43.5 Å². The predicted molar refractivity (Wildman–Crippen MR) is 148 cm³/mol. The largest absolute Gasteiger partial charge is 0.497 e. The summed E-state index contributed by atoms with van der Waals surface area (Å²) in [6.07, 6.45) is 0. The van der Waals surface area contributed by atoms with Crippen molar-refractivity contribution in [1.82, 2.24) is 10.3 Å². The van der Waals surface area contributed by atoms with Crippen LogP contribution in [-0.4, -0.2) is 23.6 Å². The highest BCUT2D eigenvalue weighted by Crippen LogP contribution is 2.44. The molecule has 6 rings (SSSR count). The highest BCUT2D eigenvalue weighted by Gasteiger charge is 2.34. The second-order valence-corrected chi connectivity index (χ2v) is 9.58. The first kappa shape index (κ1) is 24.0. The molecule has 7 nitrogen and oxygen atoms in total. The Morgan fingerprint density at radius 3 is 2.45 bits per heavy atom. The van der Waals surface area contributed by atoms with E-state index < -0.39 is 4.92 Å². The number of halogens is 1. The standard InChI is InChI=1S/C30H24ClN3O4/c1-37-19-11-13-20(14-12-19)38-27-15-10-18(16-26(27)34(35)36)29-30-28(22-7-3-5-9-25(22)33-30)23(17-32-29)21-6-2-4-8-24(21)31/h2-16,23,29,32-33H,17H2,1H3/t23-,29-/m0/s1. The summed E-state index contributed by atoms with van der Waals surface area (Å²) >= 11 is 6.62. The number of hydrogen-bond donors (Lipinski definition) is 2. The molecule has 0 amide bonds. The highest BCUT2D eigenvalue weighted by atomic mass is 35.5. The second-order valence-electron chi connectivity index (χ2n) is 9.18. The number of benzene rings is 4. The number of ether oxygens (including phenoxy) is 2. The number of nitrogens with one attached hydrogen (secondary N) is 2. The number of nitro benzene ring substituents is 1. The van der Waals surface area contributed by atoms with Crippen LogP contribution < -0.4 is 14.8 Å². The zero-order chi connectivity index (χ0) is 26.2. The Hall–Kier alpha value is -4.33. The number of para-hydroxylation sites is 1. The quantitative estimate of drug-likeness (QED) is 0.179. The first-order chi connectivity index (χ1) is 18.5. The monoisotopic (exact) mass is 525 g/mol. The molecule has 4 aromatic carbocycles. The Balaban J connectivity index is 1.42. The van der Waals surface area contributed by atoms with Crippen LogP contribution in [0.2, 0.25) is 5.02 Å². The Kier molecular flexibility index (Phi) is 6.23. The number of aromatic nitrogens is 1. The molecule has 0 radical (unpaired) electrons. The minimum atomic E-state index is -0.413. The molecule has 1 aliphatic heterocycles. The van der Waals surface area contributed by atoms with Crippen molar-refractivity contribution in [2.75, 3.05) is 13.7 Å². The lowest BCUT2D eigenvalue weighted by atomic mass is 9.83. The normalized spacial score (nSPS) is 16.7. The van der Waals surface area contributed by atoms with Gasteiger partial charge in [0.25, 0.3) is 0 Å². The Morgan fingerprint density at radius 2 is 1.68 bits per heavy atom. The Morgan fingerprint density at radius 1 is 0.947 bits per heavy atom. The van der Waals surface area contributed by atoms with E-state index in [1.165, 1.54) is 0 Å². The first-order valence-electron chi connectivity index (χ1n) is 12.2. The number of hydrogen-bond acceptors (Lipinski definition) is 5. The van der Waals surface area contributed by atoms with Crippen molar-refractivity contribution in [3.63, 3.8) is 0 Å². The van der Waals surface area contributed by atoms with Gasteiger partial charge in [-0.1, -0.05) is 54.1 Å². The van der Waals surface area contributed by atoms with Crippen LogP contribution in [0.3, 0.4) is 0 Å². The molecule has 8 heteroatoms. The van der Waals surface area contributed by atoms with Crippen LogP contribution >= 0.6 is 11.6 Å². The summed E-state index contributed by atoms with van der Waals surface area (Å²) in [6, 6.07) is 27.8. The topological polar surface area (TPSA) is 89.4 Å². The number of methoxy groups -OCH3 is 1. The number of rotatable bonds is 6. The van der Waals surface area contributed by atoms with Crippen LogP contribution in [0.4, 0.5) is 5.69 Å². The van der Waals surface area contributed by atoms with Gasteiger partial charge >= 0.3 is 5.69 Å². The van der Waals surface area contributed by atoms with Crippen LogP contribution in [0, 0.1) is 10.1 Å². The van der Waals surface area contributed by atoms with Crippen LogP contribution in [0.1, 0.15) is 34.3 Å². The summed E-state index contributed by atoms with van der Waals surface area (Å²) in [6.45, 7) is 0.626. The van der Waals surface area contributed by atoms with Crippen molar-refractivity contribution in [3.05, 3.63) is 129 Å². The summed E-state index contributed by atoms with van der Waals surface area (Å²) in [4.78, 5) is 15.2. The molecular formula is C30H24ClN3O4. The fraction of sp³-hybridized carbons (Fsp3) is 0.133. The van der Waals surface area contributed by atoms with Gasteiger partial charge in [-0.25, -0.2) is 0 Å². The van der Waals surface area contributed by atoms with Crippen LogP contribution in [-0.2, 0) is 0 Å². The van der Waals surface area contributed by atoms with Crippen molar-refractivity contribution >= 4 is 28.2 Å². The number of nitrogens with zero attached hydrogens (tertiary/aromatic N) is 1.